The molecule has 7 heteroatoms. The van der Waals surface area contributed by atoms with E-state index in [-0.39, 0.29) is 29.2 Å². The highest BCUT2D eigenvalue weighted by atomic mass is 35.5. The molecule has 162 valence electrons. The van der Waals surface area contributed by atoms with Gasteiger partial charge >= 0.3 is 0 Å². The Balaban J connectivity index is 0.00000272. The highest BCUT2D eigenvalue weighted by Crippen LogP contribution is 2.39. The molecule has 0 radical (unpaired) electrons. The fraction of sp³-hybridized carbons (Fsp3) is 0.208. The monoisotopic (exact) mass is 463 g/mol. The first-order chi connectivity index (χ1) is 14.5. The smallest absolute Gasteiger partial charge is 0.260 e. The third kappa shape index (κ3) is 4.00. The molecule has 0 aromatic heterocycles. The minimum Gasteiger partial charge on any atom is -1.00 e. The molecule has 3 aromatic carbocycles. The minimum absolute atomic E-state index is 0. The van der Waals surface area contributed by atoms with Crippen molar-refractivity contribution in [2.75, 3.05) is 14.2 Å². The SMILES string of the molecule is COc1cc2c(cc1OC)C(c1ccccc1F)=[N+](c1c(F)cccc1Cl)C(C)C2.[Cl-]. The Kier molecular flexibility index (Phi) is 6.87. The van der Waals surface area contributed by atoms with Crippen LogP contribution in [0, 0.1) is 11.6 Å². The lowest BCUT2D eigenvalue weighted by Crippen LogP contribution is -3.00. The maximum absolute atomic E-state index is 15.0. The lowest BCUT2D eigenvalue weighted by atomic mass is 9.88. The van der Waals surface area contributed by atoms with Gasteiger partial charge in [-0.3, -0.25) is 0 Å². The van der Waals surface area contributed by atoms with E-state index in [2.05, 4.69) is 0 Å². The van der Waals surface area contributed by atoms with E-state index >= 15 is 0 Å². The Morgan fingerprint density at radius 3 is 2.19 bits per heavy atom. The first-order valence-electron chi connectivity index (χ1n) is 9.56. The molecule has 0 N–H and O–H groups in total. The van der Waals surface area contributed by atoms with E-state index in [0.29, 0.717) is 29.2 Å². The van der Waals surface area contributed by atoms with Crippen molar-refractivity contribution < 1.29 is 35.2 Å². The fourth-order valence-electron chi connectivity index (χ4n) is 4.05. The van der Waals surface area contributed by atoms with Crippen LogP contribution in [0.4, 0.5) is 14.5 Å². The third-order valence-electron chi connectivity index (χ3n) is 5.37. The fourth-order valence-corrected chi connectivity index (χ4v) is 4.30. The second-order valence-electron chi connectivity index (χ2n) is 7.19. The molecule has 0 saturated heterocycles. The molecule has 0 fully saturated rings. The van der Waals surface area contributed by atoms with Crippen LogP contribution in [0.1, 0.15) is 23.6 Å². The predicted octanol–water partition coefficient (Wildman–Crippen LogP) is 2.77. The van der Waals surface area contributed by atoms with Crippen LogP contribution in [0.5, 0.6) is 11.5 Å². The number of ether oxygens (including phenoxy) is 2. The van der Waals surface area contributed by atoms with Gasteiger partial charge in [-0.2, -0.15) is 8.97 Å². The molecule has 4 rings (SSSR count). The van der Waals surface area contributed by atoms with Crippen LogP contribution in [-0.4, -0.2) is 30.5 Å². The summed E-state index contributed by atoms with van der Waals surface area (Å²) in [5.41, 5.74) is 2.83. The zero-order chi connectivity index (χ0) is 21.4. The molecule has 1 atom stereocenters. The average Bonchev–Trinajstić information content (AvgIpc) is 2.73. The van der Waals surface area contributed by atoms with Crippen LogP contribution in [0.3, 0.4) is 0 Å². The Morgan fingerprint density at radius 1 is 0.903 bits per heavy atom. The molecule has 0 bridgehead atoms. The molecule has 31 heavy (non-hydrogen) atoms. The first-order valence-corrected chi connectivity index (χ1v) is 9.94. The largest absolute Gasteiger partial charge is 1.00 e. The van der Waals surface area contributed by atoms with Crippen LogP contribution in [0.2, 0.25) is 5.02 Å². The summed E-state index contributed by atoms with van der Waals surface area (Å²) in [7, 11) is 3.12. The maximum Gasteiger partial charge on any atom is 0.260 e. The van der Waals surface area contributed by atoms with E-state index in [4.69, 9.17) is 21.1 Å². The summed E-state index contributed by atoms with van der Waals surface area (Å²) in [4.78, 5) is 0. The molecule has 0 spiro atoms. The first kappa shape index (κ1) is 23.0. The Bertz CT molecular complexity index is 1140. The van der Waals surface area contributed by atoms with Crippen molar-refractivity contribution in [1.29, 1.82) is 0 Å². The van der Waals surface area contributed by atoms with Crippen LogP contribution >= 0.6 is 11.6 Å². The van der Waals surface area contributed by atoms with Crippen molar-refractivity contribution in [2.45, 2.75) is 19.4 Å². The van der Waals surface area contributed by atoms with Crippen molar-refractivity contribution in [2.24, 2.45) is 0 Å². The van der Waals surface area contributed by atoms with Crippen molar-refractivity contribution in [3.05, 3.63) is 87.9 Å². The Hall–Kier alpha value is -2.63. The predicted molar refractivity (Wildman–Crippen MR) is 114 cm³/mol. The van der Waals surface area contributed by atoms with Crippen LogP contribution in [0.15, 0.2) is 54.6 Å². The number of rotatable bonds is 4. The van der Waals surface area contributed by atoms with Crippen LogP contribution in [0.25, 0.3) is 0 Å². The van der Waals surface area contributed by atoms with Gasteiger partial charge < -0.3 is 21.9 Å². The van der Waals surface area contributed by atoms with Gasteiger partial charge in [0.1, 0.15) is 10.8 Å². The lowest BCUT2D eigenvalue weighted by molar-refractivity contribution is -0.483. The van der Waals surface area contributed by atoms with Crippen molar-refractivity contribution in [1.82, 2.24) is 0 Å². The number of halogens is 4. The summed E-state index contributed by atoms with van der Waals surface area (Å²) in [6, 6.07) is 14.5. The van der Waals surface area contributed by atoms with Gasteiger partial charge in [0.2, 0.25) is 5.71 Å². The molecule has 0 saturated carbocycles. The standard InChI is InChI=1S/C24H21ClF2NO2.ClH/c1-14-11-15-12-21(29-2)22(30-3)13-17(15)23(16-7-4-5-9-19(16)26)28(14)24-18(25)8-6-10-20(24)27;/h4-10,12-14H,11H2,1-3H3;1H/q+1;/p-1. The molecule has 1 unspecified atom stereocenters. The zero-order valence-electron chi connectivity index (χ0n) is 17.3. The lowest BCUT2D eigenvalue weighted by Gasteiger charge is -2.25. The summed E-state index contributed by atoms with van der Waals surface area (Å²) in [6.07, 6.45) is 0.596. The van der Waals surface area contributed by atoms with Gasteiger partial charge in [-0.1, -0.05) is 29.8 Å². The summed E-state index contributed by atoms with van der Waals surface area (Å²) in [5, 5.41) is 0.264. The van der Waals surface area contributed by atoms with Gasteiger partial charge in [0.05, 0.1) is 25.3 Å². The van der Waals surface area contributed by atoms with Gasteiger partial charge in [0.15, 0.2) is 23.4 Å². The molecule has 1 aliphatic rings. The number of fused-ring (bicyclic) bond motifs is 1. The van der Waals surface area contributed by atoms with Crippen molar-refractivity contribution in [3.8, 4) is 11.5 Å². The van der Waals surface area contributed by atoms with Crippen LogP contribution < -0.4 is 21.9 Å². The molecule has 1 heterocycles. The van der Waals surface area contributed by atoms with Crippen molar-refractivity contribution >= 4 is 23.0 Å². The molecule has 0 amide bonds. The highest BCUT2D eigenvalue weighted by molar-refractivity contribution is 6.32. The number of methoxy groups -OCH3 is 2. The number of benzene rings is 3. The zero-order valence-corrected chi connectivity index (χ0v) is 18.8. The number of para-hydroxylation sites is 1. The third-order valence-corrected chi connectivity index (χ3v) is 5.67. The average molecular weight is 464 g/mol. The summed E-state index contributed by atoms with van der Waals surface area (Å²) >= 11 is 6.42. The van der Waals surface area contributed by atoms with Crippen molar-refractivity contribution in [3.63, 3.8) is 0 Å². The van der Waals surface area contributed by atoms with Gasteiger partial charge in [0.25, 0.3) is 5.69 Å². The molecule has 1 aliphatic heterocycles. The van der Waals surface area contributed by atoms with E-state index in [9.17, 15) is 8.78 Å². The van der Waals surface area contributed by atoms with Crippen LogP contribution in [-0.2, 0) is 6.42 Å². The second-order valence-corrected chi connectivity index (χ2v) is 7.59. The minimum atomic E-state index is -0.466. The van der Waals surface area contributed by atoms with Gasteiger partial charge in [0, 0.05) is 6.42 Å². The summed E-state index contributed by atoms with van der Waals surface area (Å²) in [5.74, 6) is 0.236. The normalized spacial score (nSPS) is 15.2. The second kappa shape index (κ2) is 9.25. The molecule has 3 nitrogen and oxygen atoms in total. The molecule has 0 aliphatic carbocycles. The number of nitrogens with zero attached hydrogens (tertiary/aromatic N) is 1. The van der Waals surface area contributed by atoms with E-state index in [1.54, 1.807) is 49.1 Å². The number of hydrogen-bond donors (Lipinski definition) is 0. The Morgan fingerprint density at radius 2 is 1.55 bits per heavy atom. The van der Waals surface area contributed by atoms with E-state index in [1.165, 1.54) is 12.1 Å². The maximum atomic E-state index is 15.0. The number of hydrogen-bond acceptors (Lipinski definition) is 2. The topological polar surface area (TPSA) is 21.5 Å². The van der Waals surface area contributed by atoms with Gasteiger partial charge in [-0.05, 0) is 48.9 Å². The van der Waals surface area contributed by atoms with Gasteiger partial charge in [-0.25, -0.2) is 4.39 Å². The molecule has 3 aromatic rings. The van der Waals surface area contributed by atoms with E-state index in [0.717, 1.165) is 11.1 Å². The van der Waals surface area contributed by atoms with Gasteiger partial charge in [-0.15, -0.1) is 0 Å². The van der Waals surface area contributed by atoms with E-state index in [1.807, 2.05) is 19.1 Å². The summed E-state index contributed by atoms with van der Waals surface area (Å²) < 4.78 is 42.7. The highest BCUT2D eigenvalue weighted by Gasteiger charge is 2.38. The molecular weight excluding hydrogens is 443 g/mol. The Labute approximate surface area is 191 Å². The molecular formula is C24H21Cl2F2NO2. The summed E-state index contributed by atoms with van der Waals surface area (Å²) in [6.45, 7) is 1.96. The van der Waals surface area contributed by atoms with E-state index < -0.39 is 11.6 Å². The quantitative estimate of drug-likeness (QED) is 0.554.